The quantitative estimate of drug-likeness (QED) is 0.555. The number of benzene rings is 1. The molecule has 1 aromatic rings. The Morgan fingerprint density at radius 2 is 2.25 bits per heavy atom. The zero-order chi connectivity index (χ0) is 11.5. The second-order valence-corrected chi connectivity index (χ2v) is 4.51. The van der Waals surface area contributed by atoms with Crippen LogP contribution in [0, 0.1) is 10.1 Å². The summed E-state index contributed by atoms with van der Waals surface area (Å²) in [7, 11) is 0. The molecule has 1 aliphatic heterocycles. The van der Waals surface area contributed by atoms with Gasteiger partial charge >= 0.3 is 0 Å². The van der Waals surface area contributed by atoms with Gasteiger partial charge in [0.15, 0.2) is 0 Å². The maximum absolute atomic E-state index is 10.7. The molecule has 0 aromatic heterocycles. The van der Waals surface area contributed by atoms with Crippen LogP contribution in [0.2, 0.25) is 0 Å². The maximum Gasteiger partial charge on any atom is 0.269 e. The van der Waals surface area contributed by atoms with Crippen molar-refractivity contribution in [2.45, 2.75) is 19.3 Å². The summed E-state index contributed by atoms with van der Waals surface area (Å²) >= 11 is 1.65. The molecule has 0 fully saturated rings. The summed E-state index contributed by atoms with van der Waals surface area (Å²) in [5.74, 6) is 0. The number of hydrogen-bond donors (Lipinski definition) is 0. The Balaban J connectivity index is 2.42. The van der Waals surface area contributed by atoms with E-state index < -0.39 is 0 Å². The van der Waals surface area contributed by atoms with E-state index >= 15 is 0 Å². The van der Waals surface area contributed by atoms with Crippen molar-refractivity contribution in [2.24, 2.45) is 4.99 Å². The first-order valence-corrected chi connectivity index (χ1v) is 6.32. The summed E-state index contributed by atoms with van der Waals surface area (Å²) in [5.41, 5.74) is 2.02. The van der Waals surface area contributed by atoms with E-state index in [1.165, 1.54) is 6.07 Å². The number of nitro benzene ring substituents is 1. The predicted molar refractivity (Wildman–Crippen MR) is 66.6 cm³/mol. The van der Waals surface area contributed by atoms with Gasteiger partial charge in [-0.05, 0) is 37.1 Å². The molecule has 4 nitrogen and oxygen atoms in total. The molecule has 1 heterocycles. The van der Waals surface area contributed by atoms with Crippen molar-refractivity contribution in [1.29, 1.82) is 0 Å². The molecule has 0 radical (unpaired) electrons. The molecule has 0 spiro atoms. The van der Waals surface area contributed by atoms with Crippen LogP contribution in [0.1, 0.15) is 18.4 Å². The van der Waals surface area contributed by atoms with Gasteiger partial charge in [0.25, 0.3) is 5.69 Å². The summed E-state index contributed by atoms with van der Waals surface area (Å²) < 4.78 is 0. The van der Waals surface area contributed by atoms with Gasteiger partial charge in [0, 0.05) is 12.1 Å². The molecule has 0 saturated heterocycles. The van der Waals surface area contributed by atoms with Gasteiger partial charge < -0.3 is 0 Å². The van der Waals surface area contributed by atoms with Crippen LogP contribution in [0.5, 0.6) is 0 Å². The van der Waals surface area contributed by atoms with Gasteiger partial charge in [0.2, 0.25) is 0 Å². The highest BCUT2D eigenvalue weighted by Crippen LogP contribution is 2.30. The molecular weight excluding hydrogens is 224 g/mol. The lowest BCUT2D eigenvalue weighted by molar-refractivity contribution is -0.384. The van der Waals surface area contributed by atoms with Gasteiger partial charge in [-0.25, -0.2) is 4.99 Å². The number of fused-ring (bicyclic) bond motifs is 1. The van der Waals surface area contributed by atoms with Crippen LogP contribution in [0.25, 0.3) is 0 Å². The molecule has 1 aliphatic rings. The summed E-state index contributed by atoms with van der Waals surface area (Å²) in [4.78, 5) is 14.8. The van der Waals surface area contributed by atoms with Crippen LogP contribution in [0.15, 0.2) is 23.2 Å². The first kappa shape index (κ1) is 11.1. The van der Waals surface area contributed by atoms with E-state index in [0.29, 0.717) is 0 Å². The molecule has 0 atom stereocenters. The van der Waals surface area contributed by atoms with Gasteiger partial charge in [-0.3, -0.25) is 10.1 Å². The number of rotatable bonds is 1. The van der Waals surface area contributed by atoms with Gasteiger partial charge in [-0.2, -0.15) is 0 Å². The van der Waals surface area contributed by atoms with E-state index in [1.807, 2.05) is 6.26 Å². The van der Waals surface area contributed by atoms with Gasteiger partial charge in [0.1, 0.15) is 0 Å². The Bertz CT molecular complexity index is 457. The van der Waals surface area contributed by atoms with E-state index in [4.69, 9.17) is 0 Å². The van der Waals surface area contributed by atoms with Gasteiger partial charge in [-0.1, -0.05) is 0 Å². The first-order valence-electron chi connectivity index (χ1n) is 5.09. The number of nitrogens with zero attached hydrogens (tertiary/aromatic N) is 2. The summed E-state index contributed by atoms with van der Waals surface area (Å²) in [6.45, 7) is 0. The van der Waals surface area contributed by atoms with Crippen LogP contribution in [-0.2, 0) is 6.42 Å². The fourth-order valence-electron chi connectivity index (χ4n) is 1.76. The van der Waals surface area contributed by atoms with E-state index in [2.05, 4.69) is 4.99 Å². The molecule has 5 heteroatoms. The lowest BCUT2D eigenvalue weighted by atomic mass is 10.1. The highest BCUT2D eigenvalue weighted by molar-refractivity contribution is 8.13. The molecule has 0 saturated carbocycles. The molecule has 0 unspecified atom stereocenters. The molecule has 0 aliphatic carbocycles. The third kappa shape index (κ3) is 2.24. The lowest BCUT2D eigenvalue weighted by Crippen LogP contribution is -1.90. The Kier molecular flexibility index (Phi) is 3.24. The molecule has 16 heavy (non-hydrogen) atoms. The van der Waals surface area contributed by atoms with Crippen molar-refractivity contribution in [3.8, 4) is 0 Å². The van der Waals surface area contributed by atoms with E-state index in [-0.39, 0.29) is 10.6 Å². The summed E-state index contributed by atoms with van der Waals surface area (Å²) in [5, 5.41) is 11.8. The van der Waals surface area contributed by atoms with Crippen molar-refractivity contribution in [2.75, 3.05) is 6.26 Å². The number of non-ortho nitro benzene ring substituents is 1. The topological polar surface area (TPSA) is 55.5 Å². The second kappa shape index (κ2) is 4.65. The highest BCUT2D eigenvalue weighted by Gasteiger charge is 2.13. The Hall–Kier alpha value is -1.36. The van der Waals surface area contributed by atoms with Crippen molar-refractivity contribution in [3.05, 3.63) is 33.9 Å². The van der Waals surface area contributed by atoms with Crippen molar-refractivity contribution >= 4 is 28.2 Å². The van der Waals surface area contributed by atoms with E-state index in [1.54, 1.807) is 23.9 Å². The smallest absolute Gasteiger partial charge is 0.258 e. The maximum atomic E-state index is 10.7. The normalized spacial score (nSPS) is 14.9. The molecule has 0 N–H and O–H groups in total. The SMILES string of the molecule is CSC1=Nc2ccc([N+](=O)[O-])cc2CCC1. The number of aliphatic imine (C=N–C) groups is 1. The molecule has 1 aromatic carbocycles. The van der Waals surface area contributed by atoms with Gasteiger partial charge in [0.05, 0.1) is 15.7 Å². The minimum absolute atomic E-state index is 0.154. The zero-order valence-corrected chi connectivity index (χ0v) is 9.79. The summed E-state index contributed by atoms with van der Waals surface area (Å²) in [6.07, 6.45) is 4.84. The van der Waals surface area contributed by atoms with Crippen LogP contribution < -0.4 is 0 Å². The number of nitro groups is 1. The average molecular weight is 236 g/mol. The monoisotopic (exact) mass is 236 g/mol. The number of aryl methyl sites for hydroxylation is 1. The van der Waals surface area contributed by atoms with Crippen molar-refractivity contribution < 1.29 is 4.92 Å². The Morgan fingerprint density at radius 3 is 2.94 bits per heavy atom. The third-order valence-electron chi connectivity index (χ3n) is 2.59. The van der Waals surface area contributed by atoms with E-state index in [9.17, 15) is 10.1 Å². The van der Waals surface area contributed by atoms with Crippen LogP contribution in [0.3, 0.4) is 0 Å². The predicted octanol–water partition coefficient (Wildman–Crippen LogP) is 3.32. The molecule has 84 valence electrons. The third-order valence-corrected chi connectivity index (χ3v) is 3.36. The van der Waals surface area contributed by atoms with E-state index in [0.717, 1.165) is 35.6 Å². The molecule has 2 rings (SSSR count). The second-order valence-electron chi connectivity index (χ2n) is 3.63. The Morgan fingerprint density at radius 1 is 1.44 bits per heavy atom. The largest absolute Gasteiger partial charge is 0.269 e. The Labute approximate surface area is 97.9 Å². The number of thioether (sulfide) groups is 1. The first-order chi connectivity index (χ1) is 7.70. The zero-order valence-electron chi connectivity index (χ0n) is 8.97. The summed E-state index contributed by atoms with van der Waals surface area (Å²) in [6, 6.07) is 4.91. The van der Waals surface area contributed by atoms with Gasteiger partial charge in [-0.15, -0.1) is 11.8 Å². The highest BCUT2D eigenvalue weighted by atomic mass is 32.2. The van der Waals surface area contributed by atoms with Crippen molar-refractivity contribution in [1.82, 2.24) is 0 Å². The van der Waals surface area contributed by atoms with Crippen molar-refractivity contribution in [3.63, 3.8) is 0 Å². The van der Waals surface area contributed by atoms with Crippen LogP contribution in [0.4, 0.5) is 11.4 Å². The van der Waals surface area contributed by atoms with Crippen LogP contribution >= 0.6 is 11.8 Å². The fraction of sp³-hybridized carbons (Fsp3) is 0.364. The molecule has 0 bridgehead atoms. The molecular formula is C11H12N2O2S. The number of hydrogen-bond acceptors (Lipinski definition) is 4. The fourth-order valence-corrected chi connectivity index (χ4v) is 2.30. The average Bonchev–Trinajstić information content (AvgIpc) is 2.49. The standard InChI is InChI=1S/C11H12N2O2S/c1-16-11-4-2-3-8-7-9(13(14)15)5-6-10(8)12-11/h5-7H,2-4H2,1H3. The minimum Gasteiger partial charge on any atom is -0.258 e. The lowest BCUT2D eigenvalue weighted by Gasteiger charge is -2.01. The minimum atomic E-state index is -0.357. The van der Waals surface area contributed by atoms with Crippen LogP contribution in [-0.4, -0.2) is 16.2 Å². The molecule has 0 amide bonds.